The molecule has 10 aromatic rings. The number of nitrogens with zero attached hydrogens (tertiary/aromatic N) is 3. The van der Waals surface area contributed by atoms with E-state index < -0.39 is 0 Å². The minimum Gasteiger partial charge on any atom is -0.504 e. The average molecular weight is 652 g/mol. The van der Waals surface area contributed by atoms with E-state index in [1.165, 1.54) is 0 Å². The van der Waals surface area contributed by atoms with Gasteiger partial charge >= 0.3 is 6.01 Å². The minimum absolute atomic E-state index is 0.0537. The summed E-state index contributed by atoms with van der Waals surface area (Å²) in [7, 11) is 0. The number of imidazole rings is 1. The van der Waals surface area contributed by atoms with E-state index >= 15 is 0 Å². The number of phenolic OH excluding ortho intramolecular Hbond substituents is 1. The first-order valence-electron chi connectivity index (χ1n) is 16.0. The number of aromatic nitrogens is 3. The van der Waals surface area contributed by atoms with Crippen molar-refractivity contribution in [1.29, 1.82) is 0 Å². The summed E-state index contributed by atoms with van der Waals surface area (Å²) in [5, 5.41) is 15.4. The fourth-order valence-corrected chi connectivity index (χ4v) is 8.02. The maximum atomic E-state index is 11.2. The zero-order valence-electron chi connectivity index (χ0n) is 25.9. The van der Waals surface area contributed by atoms with E-state index in [1.54, 1.807) is 17.4 Å². The summed E-state index contributed by atoms with van der Waals surface area (Å²) in [4.78, 5) is 9.88. The number of benzene rings is 6. The van der Waals surface area contributed by atoms with Gasteiger partial charge in [-0.15, -0.1) is 11.3 Å². The van der Waals surface area contributed by atoms with Crippen LogP contribution in [-0.2, 0) is 0 Å². The number of aromatic hydroxyl groups is 1. The van der Waals surface area contributed by atoms with Crippen molar-refractivity contribution in [3.8, 4) is 45.6 Å². The van der Waals surface area contributed by atoms with Crippen molar-refractivity contribution >= 4 is 64.5 Å². The molecule has 6 nitrogen and oxygen atoms in total. The fraction of sp³-hybridized carbons (Fsp3) is 0. The van der Waals surface area contributed by atoms with E-state index in [1.807, 2.05) is 108 Å². The van der Waals surface area contributed by atoms with E-state index in [0.717, 1.165) is 81.2 Å². The first-order valence-corrected chi connectivity index (χ1v) is 16.8. The number of hydrogen-bond acceptors (Lipinski definition) is 6. The van der Waals surface area contributed by atoms with Crippen LogP contribution in [0, 0.1) is 0 Å². The van der Waals surface area contributed by atoms with Gasteiger partial charge in [0, 0.05) is 49.1 Å². The molecule has 0 saturated carbocycles. The van der Waals surface area contributed by atoms with Crippen LogP contribution in [0.25, 0.3) is 81.2 Å². The molecule has 1 N–H and O–H groups in total. The van der Waals surface area contributed by atoms with Crippen molar-refractivity contribution in [2.24, 2.45) is 0 Å². The van der Waals surface area contributed by atoms with Crippen molar-refractivity contribution in [3.05, 3.63) is 146 Å². The highest BCUT2D eigenvalue weighted by molar-refractivity contribution is 7.26. The zero-order chi connectivity index (χ0) is 32.5. The van der Waals surface area contributed by atoms with Crippen LogP contribution in [0.4, 0.5) is 0 Å². The Kier molecular flexibility index (Phi) is 6.10. The van der Waals surface area contributed by atoms with Crippen LogP contribution in [0.3, 0.4) is 0 Å². The van der Waals surface area contributed by atoms with Gasteiger partial charge in [0.2, 0.25) is 0 Å². The summed E-state index contributed by atoms with van der Waals surface area (Å²) in [6.07, 6.45) is 1.81. The highest BCUT2D eigenvalue weighted by atomic mass is 32.1. The Morgan fingerprint density at radius 3 is 2.37 bits per heavy atom. The number of rotatable bonds is 5. The molecule has 0 spiro atoms. The standard InChI is InChI=1S/C42H25N3O3S/c46-35-21-20-30-28-14-5-7-19-37(28)49-41(30)40(35)48-42-44-38-29(15-10-17-34(38)45(42)26-11-2-1-3-12-26)32-24-25(33-16-8-9-22-43-33)23-31-27-13-4-6-18-36(27)47-39(31)32/h1-24,46H. The van der Waals surface area contributed by atoms with Crippen molar-refractivity contribution in [1.82, 2.24) is 14.5 Å². The van der Waals surface area contributed by atoms with Crippen molar-refractivity contribution in [3.63, 3.8) is 0 Å². The van der Waals surface area contributed by atoms with Crippen LogP contribution in [0.5, 0.6) is 17.5 Å². The molecule has 6 aromatic carbocycles. The average Bonchev–Trinajstić information content (AvgIpc) is 3.84. The van der Waals surface area contributed by atoms with Crippen LogP contribution >= 0.6 is 11.3 Å². The molecule has 0 bridgehead atoms. The maximum absolute atomic E-state index is 11.2. The normalized spacial score (nSPS) is 11.8. The van der Waals surface area contributed by atoms with Gasteiger partial charge in [0.25, 0.3) is 0 Å². The molecule has 0 aliphatic heterocycles. The lowest BCUT2D eigenvalue weighted by Crippen LogP contribution is -1.98. The second-order valence-corrected chi connectivity index (χ2v) is 13.0. The zero-order valence-corrected chi connectivity index (χ0v) is 26.7. The third kappa shape index (κ3) is 4.33. The van der Waals surface area contributed by atoms with Gasteiger partial charge in [-0.3, -0.25) is 9.55 Å². The van der Waals surface area contributed by atoms with Crippen LogP contribution in [0.2, 0.25) is 0 Å². The molecular formula is C42H25N3O3S. The van der Waals surface area contributed by atoms with Gasteiger partial charge in [0.05, 0.1) is 21.6 Å². The van der Waals surface area contributed by atoms with E-state index in [9.17, 15) is 5.11 Å². The number of pyridine rings is 1. The van der Waals surface area contributed by atoms with E-state index in [-0.39, 0.29) is 5.75 Å². The quantitative estimate of drug-likeness (QED) is 0.200. The SMILES string of the molecule is Oc1ccc2c(sc3ccccc32)c1Oc1nc2c(-c3cc(-c4ccccn4)cc4c3oc3ccccc34)cccc2n1-c1ccccc1. The summed E-state index contributed by atoms with van der Waals surface area (Å²) in [5.74, 6) is 0.433. The molecule has 4 aromatic heterocycles. The Morgan fingerprint density at radius 1 is 0.673 bits per heavy atom. The van der Waals surface area contributed by atoms with E-state index in [2.05, 4.69) is 41.4 Å². The van der Waals surface area contributed by atoms with Gasteiger partial charge < -0.3 is 14.3 Å². The van der Waals surface area contributed by atoms with Crippen molar-refractivity contribution < 1.29 is 14.3 Å². The van der Waals surface area contributed by atoms with Crippen LogP contribution in [0.1, 0.15) is 0 Å². The topological polar surface area (TPSA) is 73.3 Å². The number of para-hydroxylation sites is 3. The van der Waals surface area contributed by atoms with Crippen molar-refractivity contribution in [2.75, 3.05) is 0 Å². The first-order chi connectivity index (χ1) is 24.2. The molecule has 7 heteroatoms. The van der Waals surface area contributed by atoms with Gasteiger partial charge in [0.1, 0.15) is 16.7 Å². The Labute approximate surface area is 283 Å². The van der Waals surface area contributed by atoms with Crippen LogP contribution < -0.4 is 4.74 Å². The highest BCUT2D eigenvalue weighted by Gasteiger charge is 2.24. The lowest BCUT2D eigenvalue weighted by Gasteiger charge is -2.12. The molecule has 49 heavy (non-hydrogen) atoms. The summed E-state index contributed by atoms with van der Waals surface area (Å²) >= 11 is 1.59. The summed E-state index contributed by atoms with van der Waals surface area (Å²) in [6.45, 7) is 0. The molecule has 0 aliphatic carbocycles. The smallest absolute Gasteiger partial charge is 0.307 e. The molecule has 0 saturated heterocycles. The van der Waals surface area contributed by atoms with Gasteiger partial charge in [-0.05, 0) is 66.7 Å². The van der Waals surface area contributed by atoms with E-state index in [0.29, 0.717) is 11.8 Å². The Bertz CT molecular complexity index is 2870. The molecular weight excluding hydrogens is 627 g/mol. The summed E-state index contributed by atoms with van der Waals surface area (Å²) in [5.41, 5.74) is 7.71. The lowest BCUT2D eigenvalue weighted by molar-refractivity contribution is 0.394. The number of ether oxygens (including phenoxy) is 1. The predicted molar refractivity (Wildman–Crippen MR) is 198 cm³/mol. The van der Waals surface area contributed by atoms with Crippen molar-refractivity contribution in [2.45, 2.75) is 0 Å². The first kappa shape index (κ1) is 27.7. The van der Waals surface area contributed by atoms with Crippen LogP contribution in [-0.4, -0.2) is 19.6 Å². The number of thiophene rings is 1. The molecule has 4 heterocycles. The second-order valence-electron chi connectivity index (χ2n) is 11.9. The molecule has 232 valence electrons. The van der Waals surface area contributed by atoms with Gasteiger partial charge in [-0.25, -0.2) is 0 Å². The number of furan rings is 1. The third-order valence-electron chi connectivity index (χ3n) is 9.07. The lowest BCUT2D eigenvalue weighted by atomic mass is 9.96. The minimum atomic E-state index is 0.0537. The molecule has 0 amide bonds. The van der Waals surface area contributed by atoms with Gasteiger partial charge in [0.15, 0.2) is 11.5 Å². The third-order valence-corrected chi connectivity index (χ3v) is 10.3. The van der Waals surface area contributed by atoms with Gasteiger partial charge in [-0.1, -0.05) is 72.8 Å². The number of hydrogen-bond donors (Lipinski definition) is 1. The molecule has 0 aliphatic rings. The number of phenols is 1. The fourth-order valence-electron chi connectivity index (χ4n) is 6.84. The largest absolute Gasteiger partial charge is 0.504 e. The monoisotopic (exact) mass is 651 g/mol. The molecule has 0 unspecified atom stereocenters. The van der Waals surface area contributed by atoms with Gasteiger partial charge in [-0.2, -0.15) is 4.98 Å². The maximum Gasteiger partial charge on any atom is 0.307 e. The molecule has 0 atom stereocenters. The molecule has 10 rings (SSSR count). The summed E-state index contributed by atoms with van der Waals surface area (Å²) in [6, 6.07) is 46.7. The molecule has 0 radical (unpaired) electrons. The number of fused-ring (bicyclic) bond motifs is 7. The second kappa shape index (κ2) is 10.8. The van der Waals surface area contributed by atoms with Crippen LogP contribution in [0.15, 0.2) is 150 Å². The molecule has 0 fully saturated rings. The summed E-state index contributed by atoms with van der Waals surface area (Å²) < 4.78 is 17.3. The Morgan fingerprint density at radius 2 is 1.49 bits per heavy atom. The Hall–Kier alpha value is -6.44. The Balaban J connectivity index is 1.25. The highest BCUT2D eigenvalue weighted by Crippen LogP contribution is 2.47. The predicted octanol–water partition coefficient (Wildman–Crippen LogP) is 11.5. The van der Waals surface area contributed by atoms with E-state index in [4.69, 9.17) is 14.1 Å².